The van der Waals surface area contributed by atoms with Gasteiger partial charge >= 0.3 is 0 Å². The number of amides is 3. The number of hydrogen-bond acceptors (Lipinski definition) is 6. The van der Waals surface area contributed by atoms with Gasteiger partial charge in [0.25, 0.3) is 5.91 Å². The van der Waals surface area contributed by atoms with Gasteiger partial charge in [-0.2, -0.15) is 0 Å². The van der Waals surface area contributed by atoms with Crippen molar-refractivity contribution in [3.05, 3.63) is 41.9 Å². The lowest BCUT2D eigenvalue weighted by atomic mass is 10.0. The molecule has 2 fully saturated rings. The van der Waals surface area contributed by atoms with E-state index in [-0.39, 0.29) is 30.2 Å². The lowest BCUT2D eigenvalue weighted by Crippen LogP contribution is -2.48. The van der Waals surface area contributed by atoms with Crippen molar-refractivity contribution >= 4 is 23.4 Å². The molecule has 3 heterocycles. The molecule has 33 heavy (non-hydrogen) atoms. The summed E-state index contributed by atoms with van der Waals surface area (Å²) >= 11 is 0. The van der Waals surface area contributed by atoms with E-state index in [2.05, 4.69) is 5.32 Å². The number of nitrogens with one attached hydrogen (secondary N) is 1. The van der Waals surface area contributed by atoms with E-state index in [1.165, 1.54) is 6.26 Å². The van der Waals surface area contributed by atoms with E-state index >= 15 is 0 Å². The average molecular weight is 456 g/mol. The first-order chi connectivity index (χ1) is 15.9. The Balaban J connectivity index is 1.35. The van der Waals surface area contributed by atoms with Crippen LogP contribution in [0.15, 0.2) is 34.9 Å². The van der Waals surface area contributed by atoms with Gasteiger partial charge in [-0.05, 0) is 38.0 Å². The van der Waals surface area contributed by atoms with E-state index in [9.17, 15) is 14.4 Å². The van der Waals surface area contributed by atoms with Crippen molar-refractivity contribution < 1.29 is 28.3 Å². The molecular formula is C24H29N3O6. The predicted molar refractivity (Wildman–Crippen MR) is 121 cm³/mol. The van der Waals surface area contributed by atoms with Crippen molar-refractivity contribution in [1.82, 2.24) is 10.2 Å². The molecule has 1 unspecified atom stereocenters. The molecule has 0 spiro atoms. The lowest BCUT2D eigenvalue weighted by molar-refractivity contribution is -0.136. The fourth-order valence-electron chi connectivity index (χ4n) is 4.47. The summed E-state index contributed by atoms with van der Waals surface area (Å²) in [6, 6.07) is 7.00. The number of hydrogen-bond donors (Lipinski definition) is 1. The van der Waals surface area contributed by atoms with Crippen molar-refractivity contribution in [2.24, 2.45) is 5.92 Å². The molecule has 9 heteroatoms. The van der Waals surface area contributed by atoms with Crippen LogP contribution in [0.2, 0.25) is 0 Å². The number of aryl methyl sites for hydroxylation is 1. The molecular weight excluding hydrogens is 426 g/mol. The van der Waals surface area contributed by atoms with Crippen molar-refractivity contribution in [2.75, 3.05) is 38.8 Å². The van der Waals surface area contributed by atoms with E-state index in [1.807, 2.05) is 6.92 Å². The fraction of sp³-hybridized carbons (Fsp3) is 0.458. The predicted octanol–water partition coefficient (Wildman–Crippen LogP) is 2.38. The molecule has 1 N–H and O–H groups in total. The van der Waals surface area contributed by atoms with E-state index < -0.39 is 5.92 Å². The first kappa shape index (κ1) is 22.7. The Kier molecular flexibility index (Phi) is 6.57. The van der Waals surface area contributed by atoms with Crippen LogP contribution in [-0.4, -0.2) is 62.5 Å². The summed E-state index contributed by atoms with van der Waals surface area (Å²) in [5.41, 5.74) is 1.40. The van der Waals surface area contributed by atoms with Gasteiger partial charge in [0.05, 0.1) is 32.1 Å². The Hall–Kier alpha value is -3.49. The summed E-state index contributed by atoms with van der Waals surface area (Å²) in [5.74, 6) is 0.709. The summed E-state index contributed by atoms with van der Waals surface area (Å²) in [6.07, 6.45) is 2.98. The summed E-state index contributed by atoms with van der Waals surface area (Å²) in [6.45, 7) is 3.20. The molecule has 0 radical (unpaired) electrons. The highest BCUT2D eigenvalue weighted by molar-refractivity contribution is 6.01. The molecule has 4 rings (SSSR count). The molecule has 2 aliphatic heterocycles. The van der Waals surface area contributed by atoms with Crippen LogP contribution in [0.3, 0.4) is 0 Å². The average Bonchev–Trinajstić information content (AvgIpc) is 3.44. The summed E-state index contributed by atoms with van der Waals surface area (Å²) in [4.78, 5) is 41.7. The third kappa shape index (κ3) is 4.67. The van der Waals surface area contributed by atoms with Gasteiger partial charge in [-0.1, -0.05) is 0 Å². The normalized spacial score (nSPS) is 19.0. The van der Waals surface area contributed by atoms with E-state index in [0.717, 1.165) is 5.56 Å². The van der Waals surface area contributed by atoms with E-state index in [0.29, 0.717) is 55.4 Å². The Labute approximate surface area is 192 Å². The zero-order valence-electron chi connectivity index (χ0n) is 19.1. The fourth-order valence-corrected chi connectivity index (χ4v) is 4.47. The minimum Gasteiger partial charge on any atom is -0.497 e. The van der Waals surface area contributed by atoms with Crippen molar-refractivity contribution in [1.29, 1.82) is 0 Å². The molecule has 1 aromatic carbocycles. The maximum absolute atomic E-state index is 13.1. The molecule has 2 aromatic rings. The van der Waals surface area contributed by atoms with Crippen molar-refractivity contribution in [3.8, 4) is 11.5 Å². The van der Waals surface area contributed by atoms with Crippen LogP contribution in [0.4, 0.5) is 5.69 Å². The molecule has 2 saturated heterocycles. The lowest BCUT2D eigenvalue weighted by Gasteiger charge is -2.33. The monoisotopic (exact) mass is 455 g/mol. The van der Waals surface area contributed by atoms with Gasteiger partial charge < -0.3 is 29.0 Å². The second-order valence-corrected chi connectivity index (χ2v) is 8.45. The Morgan fingerprint density at radius 2 is 1.88 bits per heavy atom. The molecule has 176 valence electrons. The third-order valence-electron chi connectivity index (χ3n) is 6.36. The van der Waals surface area contributed by atoms with Crippen LogP contribution in [0, 0.1) is 12.8 Å². The highest BCUT2D eigenvalue weighted by atomic mass is 16.5. The van der Waals surface area contributed by atoms with Crippen LogP contribution < -0.4 is 19.7 Å². The van der Waals surface area contributed by atoms with Gasteiger partial charge in [0.2, 0.25) is 11.8 Å². The van der Waals surface area contributed by atoms with E-state index in [1.54, 1.807) is 48.3 Å². The third-order valence-corrected chi connectivity index (χ3v) is 6.36. The number of nitrogens with zero attached hydrogens (tertiary/aromatic N) is 2. The summed E-state index contributed by atoms with van der Waals surface area (Å²) < 4.78 is 15.9. The number of carbonyl (C=O) groups is 3. The Morgan fingerprint density at radius 1 is 1.12 bits per heavy atom. The Bertz CT molecular complexity index is 1040. The van der Waals surface area contributed by atoms with Crippen molar-refractivity contribution in [2.45, 2.75) is 32.2 Å². The maximum Gasteiger partial charge on any atom is 0.287 e. The van der Waals surface area contributed by atoms with Gasteiger partial charge in [-0.25, -0.2) is 0 Å². The molecule has 0 aliphatic carbocycles. The van der Waals surface area contributed by atoms with Crippen LogP contribution in [0.5, 0.6) is 11.5 Å². The number of benzene rings is 1. The van der Waals surface area contributed by atoms with Gasteiger partial charge in [0, 0.05) is 43.7 Å². The molecule has 1 aromatic heterocycles. The zero-order chi connectivity index (χ0) is 23.5. The second kappa shape index (κ2) is 9.56. The molecule has 2 aliphatic rings. The van der Waals surface area contributed by atoms with Crippen molar-refractivity contribution in [3.63, 3.8) is 0 Å². The highest BCUT2D eigenvalue weighted by Crippen LogP contribution is 2.36. The number of ether oxygens (including phenoxy) is 2. The maximum atomic E-state index is 13.1. The number of furan rings is 1. The number of methoxy groups -OCH3 is 2. The number of rotatable bonds is 6. The first-order valence-electron chi connectivity index (χ1n) is 11.1. The number of carbonyl (C=O) groups excluding carboxylic acids is 3. The standard InChI is InChI=1S/C24H29N3O6/c1-15-8-11-33-22(15)23(29)25-17-6-9-26(10-7-17)24(30)16-12-21(28)27(14-16)19-13-18(31-2)4-5-20(19)32-3/h4-5,8,11,13,16-17H,6-7,9-10,12,14H2,1-3H3,(H,25,29). The van der Waals surface area contributed by atoms with Crippen LogP contribution in [0.1, 0.15) is 35.4 Å². The van der Waals surface area contributed by atoms with Gasteiger partial charge in [0.1, 0.15) is 11.5 Å². The number of anilines is 1. The second-order valence-electron chi connectivity index (χ2n) is 8.45. The van der Waals surface area contributed by atoms with Crippen LogP contribution in [0.25, 0.3) is 0 Å². The topological polar surface area (TPSA) is 101 Å². The highest BCUT2D eigenvalue weighted by Gasteiger charge is 2.39. The zero-order valence-corrected chi connectivity index (χ0v) is 19.1. The quantitative estimate of drug-likeness (QED) is 0.718. The summed E-state index contributed by atoms with van der Waals surface area (Å²) in [5, 5.41) is 2.99. The summed E-state index contributed by atoms with van der Waals surface area (Å²) in [7, 11) is 3.11. The SMILES string of the molecule is COc1ccc(OC)c(N2CC(C(=O)N3CCC(NC(=O)c4occc4C)CC3)CC2=O)c1. The first-order valence-corrected chi connectivity index (χ1v) is 11.1. The molecule has 0 bridgehead atoms. The Morgan fingerprint density at radius 3 is 2.52 bits per heavy atom. The molecule has 1 atom stereocenters. The van der Waals surface area contributed by atoms with E-state index in [4.69, 9.17) is 13.9 Å². The number of piperidine rings is 1. The number of likely N-dealkylation sites (tertiary alicyclic amines) is 1. The van der Waals surface area contributed by atoms with Crippen LogP contribution in [-0.2, 0) is 9.59 Å². The van der Waals surface area contributed by atoms with Gasteiger partial charge in [0.15, 0.2) is 5.76 Å². The molecule has 0 saturated carbocycles. The largest absolute Gasteiger partial charge is 0.497 e. The minimum atomic E-state index is -0.412. The van der Waals surface area contributed by atoms with Crippen LogP contribution >= 0.6 is 0 Å². The van der Waals surface area contributed by atoms with Gasteiger partial charge in [-0.3, -0.25) is 14.4 Å². The molecule has 9 nitrogen and oxygen atoms in total. The minimum absolute atomic E-state index is 0.0196. The smallest absolute Gasteiger partial charge is 0.287 e. The molecule has 3 amide bonds. The van der Waals surface area contributed by atoms with Gasteiger partial charge in [-0.15, -0.1) is 0 Å².